The first-order valence-electron chi connectivity index (χ1n) is 6.88. The maximum atomic E-state index is 12.0. The van der Waals surface area contributed by atoms with Crippen LogP contribution in [0, 0.1) is 6.92 Å². The van der Waals surface area contributed by atoms with Gasteiger partial charge in [-0.05, 0) is 38.5 Å². The first-order chi connectivity index (χ1) is 9.02. The maximum absolute atomic E-state index is 12.0. The van der Waals surface area contributed by atoms with Gasteiger partial charge in [-0.15, -0.1) is 12.4 Å². The Morgan fingerprint density at radius 3 is 2.60 bits per heavy atom. The normalized spacial score (nSPS) is 22.9. The second-order valence-corrected chi connectivity index (χ2v) is 5.58. The topological polar surface area (TPSA) is 44.4 Å². The lowest BCUT2D eigenvalue weighted by molar-refractivity contribution is -0.117. The first-order valence-corrected chi connectivity index (χ1v) is 6.88. The molecule has 0 radical (unpaired) electrons. The van der Waals surface area contributed by atoms with E-state index in [1.807, 2.05) is 31.2 Å². The van der Waals surface area contributed by atoms with Gasteiger partial charge in [0.1, 0.15) is 0 Å². The molecule has 0 aromatic heterocycles. The number of nitrogens with zero attached hydrogens (tertiary/aromatic N) is 1. The molecule has 5 heteroatoms. The number of piperazine rings is 1. The number of nitrogens with one attached hydrogen (secondary N) is 2. The van der Waals surface area contributed by atoms with Crippen LogP contribution in [0.15, 0.2) is 24.3 Å². The zero-order valence-corrected chi connectivity index (χ0v) is 13.2. The minimum absolute atomic E-state index is 0. The van der Waals surface area contributed by atoms with Crippen molar-refractivity contribution in [3.05, 3.63) is 29.8 Å². The van der Waals surface area contributed by atoms with Gasteiger partial charge in [-0.25, -0.2) is 0 Å². The number of hydrogen-bond acceptors (Lipinski definition) is 3. The highest BCUT2D eigenvalue weighted by molar-refractivity contribution is 5.92. The fourth-order valence-electron chi connectivity index (χ4n) is 2.70. The number of hydrogen-bond donors (Lipinski definition) is 2. The molecule has 2 atom stereocenters. The summed E-state index contributed by atoms with van der Waals surface area (Å²) >= 11 is 0. The molecule has 1 fully saturated rings. The quantitative estimate of drug-likeness (QED) is 0.897. The molecule has 2 unspecified atom stereocenters. The van der Waals surface area contributed by atoms with E-state index in [2.05, 4.69) is 29.4 Å². The molecule has 0 bridgehead atoms. The highest BCUT2D eigenvalue weighted by Crippen LogP contribution is 2.10. The Bertz CT molecular complexity index is 442. The van der Waals surface area contributed by atoms with Gasteiger partial charge < -0.3 is 10.6 Å². The highest BCUT2D eigenvalue weighted by Gasteiger charge is 2.22. The van der Waals surface area contributed by atoms with Crippen molar-refractivity contribution in [3.63, 3.8) is 0 Å². The molecule has 20 heavy (non-hydrogen) atoms. The zero-order valence-electron chi connectivity index (χ0n) is 12.3. The van der Waals surface area contributed by atoms with E-state index in [1.54, 1.807) is 0 Å². The zero-order chi connectivity index (χ0) is 13.8. The summed E-state index contributed by atoms with van der Waals surface area (Å²) in [5.41, 5.74) is 2.03. The smallest absolute Gasteiger partial charge is 0.238 e. The fourth-order valence-corrected chi connectivity index (χ4v) is 2.70. The Morgan fingerprint density at radius 1 is 1.35 bits per heavy atom. The van der Waals surface area contributed by atoms with Crippen molar-refractivity contribution in [1.29, 1.82) is 0 Å². The number of halogens is 1. The molecule has 2 rings (SSSR count). The summed E-state index contributed by atoms with van der Waals surface area (Å²) in [6.45, 7) is 8.64. The average Bonchev–Trinajstić information content (AvgIpc) is 2.26. The largest absolute Gasteiger partial charge is 0.325 e. The summed E-state index contributed by atoms with van der Waals surface area (Å²) < 4.78 is 0. The van der Waals surface area contributed by atoms with Crippen LogP contribution >= 0.6 is 12.4 Å². The van der Waals surface area contributed by atoms with Crippen LogP contribution in [0.25, 0.3) is 0 Å². The Morgan fingerprint density at radius 2 is 2.00 bits per heavy atom. The van der Waals surface area contributed by atoms with Crippen LogP contribution in [0.3, 0.4) is 0 Å². The van der Waals surface area contributed by atoms with E-state index < -0.39 is 0 Å². The minimum Gasteiger partial charge on any atom is -0.325 e. The first kappa shape index (κ1) is 17.0. The molecule has 0 spiro atoms. The molecule has 1 amide bonds. The summed E-state index contributed by atoms with van der Waals surface area (Å²) in [5.74, 6) is 0.0619. The molecule has 1 aromatic rings. The maximum Gasteiger partial charge on any atom is 0.238 e. The highest BCUT2D eigenvalue weighted by atomic mass is 35.5. The molecular formula is C15H24ClN3O. The van der Waals surface area contributed by atoms with Crippen molar-refractivity contribution in [2.24, 2.45) is 0 Å². The number of aryl methyl sites for hydroxylation is 1. The van der Waals surface area contributed by atoms with Crippen molar-refractivity contribution < 1.29 is 4.79 Å². The Kier molecular flexibility index (Phi) is 6.46. The van der Waals surface area contributed by atoms with Crippen LogP contribution < -0.4 is 10.6 Å². The van der Waals surface area contributed by atoms with E-state index in [1.165, 1.54) is 0 Å². The molecule has 4 nitrogen and oxygen atoms in total. The third-order valence-electron chi connectivity index (χ3n) is 3.30. The van der Waals surface area contributed by atoms with Gasteiger partial charge in [0.05, 0.1) is 6.54 Å². The van der Waals surface area contributed by atoms with Crippen LogP contribution in [-0.2, 0) is 4.79 Å². The van der Waals surface area contributed by atoms with E-state index in [4.69, 9.17) is 0 Å². The van der Waals surface area contributed by atoms with E-state index in [0.717, 1.165) is 24.3 Å². The SMILES string of the molecule is Cc1cccc(NC(=O)CN2CC(C)NC(C)C2)c1.Cl. The summed E-state index contributed by atoms with van der Waals surface area (Å²) in [6.07, 6.45) is 0. The van der Waals surface area contributed by atoms with Crippen LogP contribution in [0.4, 0.5) is 5.69 Å². The van der Waals surface area contributed by atoms with Gasteiger partial charge in [-0.3, -0.25) is 9.69 Å². The number of amides is 1. The summed E-state index contributed by atoms with van der Waals surface area (Å²) in [7, 11) is 0. The third-order valence-corrected chi connectivity index (χ3v) is 3.30. The fraction of sp³-hybridized carbons (Fsp3) is 0.533. The van der Waals surface area contributed by atoms with Crippen molar-refractivity contribution >= 4 is 24.0 Å². The van der Waals surface area contributed by atoms with Gasteiger partial charge in [0.15, 0.2) is 0 Å². The lowest BCUT2D eigenvalue weighted by Gasteiger charge is -2.35. The Labute approximate surface area is 127 Å². The van der Waals surface area contributed by atoms with Crippen molar-refractivity contribution in [1.82, 2.24) is 10.2 Å². The predicted octanol–water partition coefficient (Wildman–Crippen LogP) is 2.04. The molecule has 1 heterocycles. The van der Waals surface area contributed by atoms with Gasteiger partial charge in [-0.2, -0.15) is 0 Å². The van der Waals surface area contributed by atoms with Crippen molar-refractivity contribution in [3.8, 4) is 0 Å². The minimum atomic E-state index is 0. The Balaban J connectivity index is 0.00000200. The monoisotopic (exact) mass is 297 g/mol. The van der Waals surface area contributed by atoms with E-state index in [-0.39, 0.29) is 18.3 Å². The number of rotatable bonds is 3. The standard InChI is InChI=1S/C15H23N3O.ClH/c1-11-5-4-6-14(7-11)17-15(19)10-18-8-12(2)16-13(3)9-18;/h4-7,12-13,16H,8-10H2,1-3H3,(H,17,19);1H. The molecule has 112 valence electrons. The second-order valence-electron chi connectivity index (χ2n) is 5.58. The molecule has 1 saturated heterocycles. The lowest BCUT2D eigenvalue weighted by Crippen LogP contribution is -2.55. The van der Waals surface area contributed by atoms with E-state index in [0.29, 0.717) is 18.6 Å². The van der Waals surface area contributed by atoms with E-state index in [9.17, 15) is 4.79 Å². The molecule has 2 N–H and O–H groups in total. The summed E-state index contributed by atoms with van der Waals surface area (Å²) in [5, 5.41) is 6.42. The van der Waals surface area contributed by atoms with Crippen LogP contribution in [0.2, 0.25) is 0 Å². The number of anilines is 1. The summed E-state index contributed by atoms with van der Waals surface area (Å²) in [4.78, 5) is 14.2. The van der Waals surface area contributed by atoms with Gasteiger partial charge in [-0.1, -0.05) is 12.1 Å². The predicted molar refractivity (Wildman–Crippen MR) is 85.6 cm³/mol. The Hall–Kier alpha value is -1.10. The molecule has 1 aliphatic heterocycles. The second kappa shape index (κ2) is 7.62. The van der Waals surface area contributed by atoms with Crippen LogP contribution in [-0.4, -0.2) is 42.5 Å². The van der Waals surface area contributed by atoms with Crippen molar-refractivity contribution in [2.45, 2.75) is 32.9 Å². The van der Waals surface area contributed by atoms with Gasteiger partial charge in [0.2, 0.25) is 5.91 Å². The average molecular weight is 298 g/mol. The lowest BCUT2D eigenvalue weighted by atomic mass is 10.1. The van der Waals surface area contributed by atoms with Gasteiger partial charge in [0, 0.05) is 30.9 Å². The van der Waals surface area contributed by atoms with Crippen LogP contribution in [0.5, 0.6) is 0 Å². The third kappa shape index (κ3) is 5.12. The molecular weight excluding hydrogens is 274 g/mol. The number of benzene rings is 1. The van der Waals surface area contributed by atoms with Crippen LogP contribution in [0.1, 0.15) is 19.4 Å². The van der Waals surface area contributed by atoms with E-state index >= 15 is 0 Å². The van der Waals surface area contributed by atoms with Crippen molar-refractivity contribution in [2.75, 3.05) is 25.0 Å². The molecule has 0 aliphatic carbocycles. The summed E-state index contributed by atoms with van der Waals surface area (Å²) in [6, 6.07) is 8.77. The molecule has 0 saturated carbocycles. The molecule has 1 aromatic carbocycles. The number of carbonyl (C=O) groups is 1. The molecule has 1 aliphatic rings. The van der Waals surface area contributed by atoms with Gasteiger partial charge in [0.25, 0.3) is 0 Å². The number of carbonyl (C=O) groups excluding carboxylic acids is 1. The van der Waals surface area contributed by atoms with Gasteiger partial charge >= 0.3 is 0 Å².